The highest BCUT2D eigenvalue weighted by Gasteiger charge is 2.40. The third-order valence-electron chi connectivity index (χ3n) is 4.11. The van der Waals surface area contributed by atoms with Crippen LogP contribution < -0.4 is 5.11 Å². The Bertz CT molecular complexity index is 695. The highest BCUT2D eigenvalue weighted by molar-refractivity contribution is 5.99. The van der Waals surface area contributed by atoms with Gasteiger partial charge in [-0.05, 0) is 11.5 Å². The summed E-state index contributed by atoms with van der Waals surface area (Å²) >= 11 is 0. The monoisotopic (exact) mass is 343 g/mol. The van der Waals surface area contributed by atoms with Crippen molar-refractivity contribution in [3.63, 3.8) is 0 Å². The number of carbonyl (C=O) groups is 3. The predicted molar refractivity (Wildman–Crippen MR) is 91.4 cm³/mol. The summed E-state index contributed by atoms with van der Waals surface area (Å²) in [7, 11) is 0. The van der Waals surface area contributed by atoms with Crippen LogP contribution in [0.5, 0.6) is 0 Å². The Kier molecular flexibility index (Phi) is 5.62. The first-order valence-corrected chi connectivity index (χ1v) is 8.34. The molecule has 1 atom stereocenters. The van der Waals surface area contributed by atoms with Gasteiger partial charge >= 0.3 is 0 Å². The fraction of sp³-hybridized carbons (Fsp3) is 0.421. The largest absolute Gasteiger partial charge is 0.548 e. The van der Waals surface area contributed by atoms with Gasteiger partial charge < -0.3 is 19.7 Å². The molecular formula is C19H23N2O4-. The van der Waals surface area contributed by atoms with Crippen LogP contribution in [0.15, 0.2) is 36.5 Å². The van der Waals surface area contributed by atoms with Gasteiger partial charge in [-0.15, -0.1) is 0 Å². The van der Waals surface area contributed by atoms with E-state index in [0.717, 1.165) is 0 Å². The van der Waals surface area contributed by atoms with E-state index in [2.05, 4.69) is 0 Å². The maximum atomic E-state index is 13.0. The summed E-state index contributed by atoms with van der Waals surface area (Å²) < 4.78 is 0. The van der Waals surface area contributed by atoms with Gasteiger partial charge in [0.15, 0.2) is 0 Å². The number of rotatable bonds is 5. The summed E-state index contributed by atoms with van der Waals surface area (Å²) in [5.74, 6) is -2.37. The summed E-state index contributed by atoms with van der Waals surface area (Å²) in [5, 5.41) is 11.2. The van der Waals surface area contributed by atoms with Crippen LogP contribution in [-0.4, -0.2) is 40.2 Å². The summed E-state index contributed by atoms with van der Waals surface area (Å²) in [6.45, 7) is 6.66. The zero-order chi connectivity index (χ0) is 18.7. The lowest BCUT2D eigenvalue weighted by Gasteiger charge is -2.42. The van der Waals surface area contributed by atoms with Crippen molar-refractivity contribution in [1.82, 2.24) is 9.80 Å². The molecule has 1 unspecified atom stereocenters. The average Bonchev–Trinajstić information content (AvgIpc) is 2.55. The molecule has 0 fully saturated rings. The SMILES string of the molecule is CC(C)C(=O)N1C=C(c2ccccc2)N(CC(=O)[O-])C(=O)C1C(C)C. The molecule has 6 heteroatoms. The van der Waals surface area contributed by atoms with E-state index in [9.17, 15) is 19.5 Å². The maximum Gasteiger partial charge on any atom is 0.250 e. The van der Waals surface area contributed by atoms with Crippen LogP contribution in [0.2, 0.25) is 0 Å². The Labute approximate surface area is 147 Å². The number of carboxylic acid groups (broad SMARTS) is 1. The third kappa shape index (κ3) is 3.90. The zero-order valence-corrected chi connectivity index (χ0v) is 14.9. The van der Waals surface area contributed by atoms with Crippen molar-refractivity contribution in [2.45, 2.75) is 33.7 Å². The molecule has 1 aliphatic rings. The van der Waals surface area contributed by atoms with E-state index in [-0.39, 0.29) is 17.7 Å². The van der Waals surface area contributed by atoms with Gasteiger partial charge in [0.2, 0.25) is 5.91 Å². The molecule has 1 heterocycles. The molecule has 134 valence electrons. The highest BCUT2D eigenvalue weighted by Crippen LogP contribution is 2.30. The molecule has 0 bridgehead atoms. The van der Waals surface area contributed by atoms with Crippen molar-refractivity contribution >= 4 is 23.5 Å². The number of carbonyl (C=O) groups excluding carboxylic acids is 3. The predicted octanol–water partition coefficient (Wildman–Crippen LogP) is 1.09. The standard InChI is InChI=1S/C19H24N2O4/c1-12(2)17-19(25)20(11-16(22)23)15(14-8-6-5-7-9-14)10-21(17)18(24)13(3)4/h5-10,12-13,17H,11H2,1-4H3,(H,22,23)/p-1. The molecule has 1 aliphatic heterocycles. The summed E-state index contributed by atoms with van der Waals surface area (Å²) in [5.41, 5.74) is 1.06. The van der Waals surface area contributed by atoms with Gasteiger partial charge in [0.05, 0.1) is 18.2 Å². The number of carboxylic acids is 1. The lowest BCUT2D eigenvalue weighted by molar-refractivity contribution is -0.305. The van der Waals surface area contributed by atoms with Gasteiger partial charge in [0.25, 0.3) is 5.91 Å². The van der Waals surface area contributed by atoms with Gasteiger partial charge in [-0.2, -0.15) is 0 Å². The second-order valence-corrected chi connectivity index (χ2v) is 6.77. The molecule has 0 N–H and O–H groups in total. The van der Waals surface area contributed by atoms with Crippen molar-refractivity contribution < 1.29 is 19.5 Å². The van der Waals surface area contributed by atoms with Gasteiger partial charge in [-0.25, -0.2) is 0 Å². The fourth-order valence-corrected chi connectivity index (χ4v) is 2.92. The molecule has 6 nitrogen and oxygen atoms in total. The van der Waals surface area contributed by atoms with E-state index >= 15 is 0 Å². The molecule has 0 radical (unpaired) electrons. The molecule has 2 rings (SSSR count). The molecule has 0 aromatic heterocycles. The van der Waals surface area contributed by atoms with Gasteiger partial charge in [-0.3, -0.25) is 9.59 Å². The number of aliphatic carboxylic acids is 1. The minimum absolute atomic E-state index is 0.159. The number of hydrogen-bond donors (Lipinski definition) is 0. The fourth-order valence-electron chi connectivity index (χ4n) is 2.92. The van der Waals surface area contributed by atoms with E-state index in [4.69, 9.17) is 0 Å². The summed E-state index contributed by atoms with van der Waals surface area (Å²) in [6.07, 6.45) is 1.59. The Morgan fingerprint density at radius 1 is 1.12 bits per heavy atom. The molecule has 0 saturated carbocycles. The highest BCUT2D eigenvalue weighted by atomic mass is 16.4. The molecular weight excluding hydrogens is 320 g/mol. The molecule has 1 aromatic carbocycles. The van der Waals surface area contributed by atoms with E-state index in [1.807, 2.05) is 19.9 Å². The molecule has 0 saturated heterocycles. The molecule has 0 aliphatic carbocycles. The molecule has 25 heavy (non-hydrogen) atoms. The first kappa shape index (κ1) is 18.7. The number of nitrogens with zero attached hydrogens (tertiary/aromatic N) is 2. The summed E-state index contributed by atoms with van der Waals surface area (Å²) in [6, 6.07) is 8.22. The number of benzene rings is 1. The van der Waals surface area contributed by atoms with Crippen molar-refractivity contribution in [3.8, 4) is 0 Å². The quantitative estimate of drug-likeness (QED) is 0.801. The first-order chi connectivity index (χ1) is 11.7. The minimum atomic E-state index is -1.35. The Hall–Kier alpha value is -2.63. The molecule has 2 amide bonds. The van der Waals surface area contributed by atoms with Crippen molar-refractivity contribution in [2.24, 2.45) is 11.8 Å². The van der Waals surface area contributed by atoms with Gasteiger partial charge in [0, 0.05) is 12.1 Å². The van der Waals surface area contributed by atoms with E-state index in [1.165, 1.54) is 9.80 Å². The average molecular weight is 343 g/mol. The van der Waals surface area contributed by atoms with E-state index in [0.29, 0.717) is 11.3 Å². The lowest BCUT2D eigenvalue weighted by Crippen LogP contribution is -2.57. The Balaban J connectivity index is 2.60. The topological polar surface area (TPSA) is 80.8 Å². The molecule has 1 aromatic rings. The van der Waals surface area contributed by atoms with Gasteiger partial charge in [-0.1, -0.05) is 58.0 Å². The lowest BCUT2D eigenvalue weighted by atomic mass is 9.96. The first-order valence-electron chi connectivity index (χ1n) is 8.34. The number of hydrogen-bond acceptors (Lipinski definition) is 4. The number of amides is 2. The second kappa shape index (κ2) is 7.51. The maximum absolute atomic E-state index is 13.0. The molecule has 0 spiro atoms. The van der Waals surface area contributed by atoms with Crippen molar-refractivity contribution in [3.05, 3.63) is 42.1 Å². The van der Waals surface area contributed by atoms with Crippen LogP contribution in [0.4, 0.5) is 0 Å². The van der Waals surface area contributed by atoms with Crippen molar-refractivity contribution in [1.29, 1.82) is 0 Å². The Morgan fingerprint density at radius 3 is 2.20 bits per heavy atom. The van der Waals surface area contributed by atoms with Crippen LogP contribution in [0.1, 0.15) is 33.3 Å². The van der Waals surface area contributed by atoms with E-state index < -0.39 is 24.5 Å². The van der Waals surface area contributed by atoms with E-state index in [1.54, 1.807) is 44.3 Å². The van der Waals surface area contributed by atoms with Crippen LogP contribution in [0.25, 0.3) is 5.70 Å². The van der Waals surface area contributed by atoms with Gasteiger partial charge in [0.1, 0.15) is 6.04 Å². The summed E-state index contributed by atoms with van der Waals surface area (Å²) in [4.78, 5) is 39.5. The third-order valence-corrected chi connectivity index (χ3v) is 4.11. The van der Waals surface area contributed by atoms with Crippen LogP contribution in [0.3, 0.4) is 0 Å². The van der Waals surface area contributed by atoms with Crippen LogP contribution in [0, 0.1) is 11.8 Å². The smallest absolute Gasteiger partial charge is 0.250 e. The van der Waals surface area contributed by atoms with Crippen LogP contribution in [-0.2, 0) is 14.4 Å². The van der Waals surface area contributed by atoms with Crippen LogP contribution >= 0.6 is 0 Å². The normalized spacial score (nSPS) is 17.9. The Morgan fingerprint density at radius 2 is 1.72 bits per heavy atom. The second-order valence-electron chi connectivity index (χ2n) is 6.77. The minimum Gasteiger partial charge on any atom is -0.548 e. The van der Waals surface area contributed by atoms with Crippen molar-refractivity contribution in [2.75, 3.05) is 6.54 Å². The zero-order valence-electron chi connectivity index (χ0n) is 14.9.